The first-order valence-corrected chi connectivity index (χ1v) is 6.02. The van der Waals surface area contributed by atoms with Gasteiger partial charge in [-0.2, -0.15) is 0 Å². The number of carboxylic acids is 1. The summed E-state index contributed by atoms with van der Waals surface area (Å²) in [6.45, 7) is 0. The van der Waals surface area contributed by atoms with Gasteiger partial charge in [0.1, 0.15) is 6.04 Å². The summed E-state index contributed by atoms with van der Waals surface area (Å²) >= 11 is 0. The Hall–Kier alpha value is -2.37. The van der Waals surface area contributed by atoms with Crippen molar-refractivity contribution in [2.45, 2.75) is 18.4 Å². The summed E-state index contributed by atoms with van der Waals surface area (Å²) in [6.07, 6.45) is 4.57. The van der Waals surface area contributed by atoms with Crippen LogP contribution in [-0.4, -0.2) is 22.0 Å². The highest BCUT2D eigenvalue weighted by Crippen LogP contribution is 2.45. The summed E-state index contributed by atoms with van der Waals surface area (Å²) in [4.78, 5) is 21.7. The number of hydrogen-bond donors (Lipinski definition) is 2. The number of carbonyl (C=O) groups is 1. The van der Waals surface area contributed by atoms with Crippen molar-refractivity contribution < 1.29 is 14.8 Å². The minimum atomic E-state index is -0.886. The molecule has 19 heavy (non-hydrogen) atoms. The summed E-state index contributed by atoms with van der Waals surface area (Å²) < 4.78 is 0. The van der Waals surface area contributed by atoms with Crippen LogP contribution in [0.3, 0.4) is 0 Å². The molecule has 6 nitrogen and oxygen atoms in total. The molecule has 3 atom stereocenters. The van der Waals surface area contributed by atoms with E-state index in [0.717, 1.165) is 5.56 Å². The molecule has 0 spiro atoms. The van der Waals surface area contributed by atoms with Gasteiger partial charge in [-0.25, -0.2) is 4.79 Å². The molecule has 0 fully saturated rings. The van der Waals surface area contributed by atoms with Gasteiger partial charge in [0.25, 0.3) is 5.69 Å². The third-order valence-corrected chi connectivity index (χ3v) is 3.82. The number of hydrogen-bond acceptors (Lipinski definition) is 4. The second-order valence-corrected chi connectivity index (χ2v) is 4.84. The van der Waals surface area contributed by atoms with Crippen molar-refractivity contribution in [3.63, 3.8) is 0 Å². The molecule has 1 aliphatic carbocycles. The molecular formula is C13H12N2O4. The van der Waals surface area contributed by atoms with Gasteiger partial charge in [-0.1, -0.05) is 12.2 Å². The first-order chi connectivity index (χ1) is 9.08. The predicted octanol–water partition coefficient (Wildman–Crippen LogP) is 2.13. The van der Waals surface area contributed by atoms with Crippen LogP contribution >= 0.6 is 0 Å². The van der Waals surface area contributed by atoms with Gasteiger partial charge in [-0.15, -0.1) is 0 Å². The molecule has 0 radical (unpaired) electrons. The third kappa shape index (κ3) is 1.76. The Kier molecular flexibility index (Phi) is 2.51. The molecule has 0 bridgehead atoms. The fourth-order valence-corrected chi connectivity index (χ4v) is 2.94. The molecular weight excluding hydrogens is 248 g/mol. The van der Waals surface area contributed by atoms with E-state index in [2.05, 4.69) is 5.32 Å². The molecule has 0 saturated heterocycles. The first-order valence-electron chi connectivity index (χ1n) is 6.02. The maximum atomic E-state index is 11.3. The Morgan fingerprint density at radius 3 is 2.95 bits per heavy atom. The number of rotatable bonds is 2. The number of nitrogens with one attached hydrogen (secondary N) is 1. The maximum absolute atomic E-state index is 11.3. The van der Waals surface area contributed by atoms with E-state index in [4.69, 9.17) is 0 Å². The van der Waals surface area contributed by atoms with Crippen molar-refractivity contribution in [2.24, 2.45) is 5.92 Å². The number of nitrogens with zero attached hydrogens (tertiary/aromatic N) is 1. The first kappa shape index (κ1) is 11.7. The zero-order valence-corrected chi connectivity index (χ0v) is 9.95. The lowest BCUT2D eigenvalue weighted by Crippen LogP contribution is -2.41. The van der Waals surface area contributed by atoms with Gasteiger partial charge in [0.15, 0.2) is 0 Å². The fourth-order valence-electron chi connectivity index (χ4n) is 2.94. The molecule has 0 saturated carbocycles. The van der Waals surface area contributed by atoms with E-state index in [-0.39, 0.29) is 17.5 Å². The number of aliphatic carboxylic acids is 1. The van der Waals surface area contributed by atoms with E-state index >= 15 is 0 Å². The molecule has 3 rings (SSSR count). The molecule has 0 aromatic heterocycles. The number of carboxylic acid groups (broad SMARTS) is 1. The monoisotopic (exact) mass is 260 g/mol. The van der Waals surface area contributed by atoms with Gasteiger partial charge in [0.2, 0.25) is 0 Å². The van der Waals surface area contributed by atoms with E-state index in [1.165, 1.54) is 12.1 Å². The second-order valence-electron chi connectivity index (χ2n) is 4.84. The molecule has 2 N–H and O–H groups in total. The number of allylic oxidation sites excluding steroid dienone is 2. The zero-order chi connectivity index (χ0) is 13.6. The van der Waals surface area contributed by atoms with Gasteiger partial charge >= 0.3 is 5.97 Å². The molecule has 1 aromatic rings. The van der Waals surface area contributed by atoms with Gasteiger partial charge in [0.05, 0.1) is 4.92 Å². The SMILES string of the molecule is O=C(O)[C@H]1Nc2ccc([N+](=O)[O-])cc2[C@H]2C=CC[C@H]12. The summed E-state index contributed by atoms with van der Waals surface area (Å²) in [5.41, 5.74) is 1.52. The highest BCUT2D eigenvalue weighted by molar-refractivity contribution is 5.81. The Balaban J connectivity index is 2.08. The number of non-ortho nitro benzene ring substituents is 1. The molecule has 98 valence electrons. The van der Waals surface area contributed by atoms with Crippen molar-refractivity contribution in [1.29, 1.82) is 0 Å². The Morgan fingerprint density at radius 1 is 1.47 bits per heavy atom. The number of benzene rings is 1. The molecule has 0 amide bonds. The van der Waals surface area contributed by atoms with E-state index in [1.807, 2.05) is 12.2 Å². The lowest BCUT2D eigenvalue weighted by Gasteiger charge is -2.34. The molecule has 0 unspecified atom stereocenters. The van der Waals surface area contributed by atoms with Crippen molar-refractivity contribution in [2.75, 3.05) is 5.32 Å². The quantitative estimate of drug-likeness (QED) is 0.482. The van der Waals surface area contributed by atoms with Crippen LogP contribution in [0.15, 0.2) is 30.4 Å². The topological polar surface area (TPSA) is 92.5 Å². The number of fused-ring (bicyclic) bond motifs is 3. The fraction of sp³-hybridized carbons (Fsp3) is 0.308. The van der Waals surface area contributed by atoms with Crippen molar-refractivity contribution in [3.05, 3.63) is 46.0 Å². The summed E-state index contributed by atoms with van der Waals surface area (Å²) in [5.74, 6) is -1.02. The number of anilines is 1. The molecule has 1 heterocycles. The van der Waals surface area contributed by atoms with Crippen molar-refractivity contribution in [1.82, 2.24) is 0 Å². The summed E-state index contributed by atoms with van der Waals surface area (Å²) in [5, 5.41) is 23.1. The highest BCUT2D eigenvalue weighted by atomic mass is 16.6. The lowest BCUT2D eigenvalue weighted by molar-refractivity contribution is -0.384. The standard InChI is InChI=1S/C13H12N2O4/c16-13(17)12-9-3-1-2-8(9)10-6-7(15(18)19)4-5-11(10)14-12/h1-2,4-6,8-9,12,14H,3H2,(H,16,17)/t8-,9-,12-/m0/s1. The molecule has 1 aromatic carbocycles. The van der Waals surface area contributed by atoms with Gasteiger partial charge < -0.3 is 10.4 Å². The minimum absolute atomic E-state index is 0.0355. The average Bonchev–Trinajstić information content (AvgIpc) is 2.86. The summed E-state index contributed by atoms with van der Waals surface area (Å²) in [7, 11) is 0. The normalized spacial score (nSPS) is 27.3. The van der Waals surface area contributed by atoms with Crippen molar-refractivity contribution in [3.8, 4) is 0 Å². The Bertz CT molecular complexity index is 596. The largest absolute Gasteiger partial charge is 0.480 e. The van der Waals surface area contributed by atoms with Crippen LogP contribution in [-0.2, 0) is 4.79 Å². The van der Waals surface area contributed by atoms with Crippen molar-refractivity contribution >= 4 is 17.3 Å². The predicted molar refractivity (Wildman–Crippen MR) is 68.1 cm³/mol. The van der Waals surface area contributed by atoms with Crippen LogP contribution < -0.4 is 5.32 Å². The maximum Gasteiger partial charge on any atom is 0.326 e. The minimum Gasteiger partial charge on any atom is -0.480 e. The zero-order valence-electron chi connectivity index (χ0n) is 9.95. The summed E-state index contributed by atoms with van der Waals surface area (Å²) in [6, 6.07) is 3.87. The van der Waals surface area contributed by atoms with Crippen LogP contribution in [0.4, 0.5) is 11.4 Å². The smallest absolute Gasteiger partial charge is 0.326 e. The van der Waals surface area contributed by atoms with Crippen LogP contribution in [0.5, 0.6) is 0 Å². The third-order valence-electron chi connectivity index (χ3n) is 3.82. The van der Waals surface area contributed by atoms with Crippen LogP contribution in [0, 0.1) is 16.0 Å². The van der Waals surface area contributed by atoms with Gasteiger partial charge in [0, 0.05) is 29.7 Å². The van der Waals surface area contributed by atoms with Crippen LogP contribution in [0.25, 0.3) is 0 Å². The lowest BCUT2D eigenvalue weighted by atomic mass is 9.79. The molecule has 2 aliphatic rings. The average molecular weight is 260 g/mol. The van der Waals surface area contributed by atoms with E-state index in [1.54, 1.807) is 6.07 Å². The van der Waals surface area contributed by atoms with E-state index in [9.17, 15) is 20.0 Å². The number of nitro benzene ring substituents is 1. The van der Waals surface area contributed by atoms with Crippen LogP contribution in [0.2, 0.25) is 0 Å². The van der Waals surface area contributed by atoms with Gasteiger partial charge in [-0.05, 0) is 18.1 Å². The molecule has 6 heteroatoms. The Morgan fingerprint density at radius 2 is 2.26 bits per heavy atom. The van der Waals surface area contributed by atoms with Crippen LogP contribution in [0.1, 0.15) is 17.9 Å². The van der Waals surface area contributed by atoms with E-state index < -0.39 is 16.9 Å². The van der Waals surface area contributed by atoms with Gasteiger partial charge in [-0.3, -0.25) is 10.1 Å². The Labute approximate surface area is 108 Å². The number of nitro groups is 1. The van der Waals surface area contributed by atoms with E-state index in [0.29, 0.717) is 12.1 Å². The molecule has 1 aliphatic heterocycles. The second kappa shape index (κ2) is 4.08. The highest BCUT2D eigenvalue weighted by Gasteiger charge is 2.41.